The molecule has 1 unspecified atom stereocenters. The van der Waals surface area contributed by atoms with Gasteiger partial charge in [0.1, 0.15) is 0 Å². The van der Waals surface area contributed by atoms with E-state index in [1.165, 1.54) is 0 Å². The fourth-order valence-electron chi connectivity index (χ4n) is 0.293. The second kappa shape index (κ2) is 4.33. The van der Waals surface area contributed by atoms with Gasteiger partial charge < -0.3 is 0 Å². The van der Waals surface area contributed by atoms with Crippen molar-refractivity contribution in [3.05, 3.63) is 0 Å². The third-order valence-electron chi connectivity index (χ3n) is 1.13. The number of rotatable bonds is 3. The highest BCUT2D eigenvalue weighted by Crippen LogP contribution is 2.01. The highest BCUT2D eigenvalue weighted by atomic mass is 35.5. The van der Waals surface area contributed by atoms with Crippen molar-refractivity contribution in [2.45, 2.75) is 25.5 Å². The highest BCUT2D eigenvalue weighted by molar-refractivity contribution is 7.86. The first-order valence-electron chi connectivity index (χ1n) is 2.65. The summed E-state index contributed by atoms with van der Waals surface area (Å²) in [7, 11) is -0.806. The van der Waals surface area contributed by atoms with Gasteiger partial charge in [0, 0.05) is 16.0 Å². The van der Waals surface area contributed by atoms with E-state index in [0.717, 1.165) is 6.42 Å². The highest BCUT2D eigenvalue weighted by Gasteiger charge is 2.04. The maximum absolute atomic E-state index is 10.7. The lowest BCUT2D eigenvalue weighted by Crippen LogP contribution is -2.09. The van der Waals surface area contributed by atoms with Crippen LogP contribution in [0.2, 0.25) is 0 Å². The van der Waals surface area contributed by atoms with Gasteiger partial charge in [-0.1, -0.05) is 13.8 Å². The van der Waals surface area contributed by atoms with Gasteiger partial charge in [0.05, 0.1) is 5.21 Å². The molecule has 0 saturated heterocycles. The van der Waals surface area contributed by atoms with Crippen LogP contribution >= 0.6 is 11.6 Å². The third kappa shape index (κ3) is 2.68. The fourth-order valence-corrected chi connectivity index (χ4v) is 1.53. The van der Waals surface area contributed by atoms with E-state index in [0.29, 0.717) is 0 Å². The molecule has 0 aromatic heterocycles. The molecular weight excluding hydrogens is 144 g/mol. The average molecular weight is 155 g/mol. The molecule has 0 heterocycles. The summed E-state index contributed by atoms with van der Waals surface area (Å²) in [5.41, 5.74) is 0. The first-order chi connectivity index (χ1) is 3.72. The summed E-state index contributed by atoms with van der Waals surface area (Å²) in [6.07, 6.45) is 0.944. The van der Waals surface area contributed by atoms with Crippen LogP contribution in [0, 0.1) is 0 Å². The molecule has 0 aromatic carbocycles. The second-order valence-electron chi connectivity index (χ2n) is 1.71. The SMILES string of the molecule is CC[C@H](C)S(=O)CCl. The zero-order valence-electron chi connectivity index (χ0n) is 5.19. The molecule has 0 aliphatic heterocycles. The first-order valence-corrected chi connectivity index (χ1v) is 4.57. The molecule has 2 atom stereocenters. The second-order valence-corrected chi connectivity index (χ2v) is 4.15. The molecule has 8 heavy (non-hydrogen) atoms. The molecule has 0 radical (unpaired) electrons. The summed E-state index contributed by atoms with van der Waals surface area (Å²) in [6.45, 7) is 3.95. The van der Waals surface area contributed by atoms with Gasteiger partial charge in [0.2, 0.25) is 0 Å². The lowest BCUT2D eigenvalue weighted by Gasteiger charge is -2.02. The van der Waals surface area contributed by atoms with Gasteiger partial charge in [-0.15, -0.1) is 11.6 Å². The van der Waals surface area contributed by atoms with Crippen LogP contribution in [0.15, 0.2) is 0 Å². The van der Waals surface area contributed by atoms with E-state index in [1.807, 2.05) is 13.8 Å². The monoisotopic (exact) mass is 154 g/mol. The quantitative estimate of drug-likeness (QED) is 0.566. The van der Waals surface area contributed by atoms with Gasteiger partial charge in [-0.2, -0.15) is 0 Å². The molecule has 0 bridgehead atoms. The lowest BCUT2D eigenvalue weighted by molar-refractivity contribution is 0.673. The maximum atomic E-state index is 10.7. The van der Waals surface area contributed by atoms with Gasteiger partial charge in [0.15, 0.2) is 0 Å². The van der Waals surface area contributed by atoms with E-state index >= 15 is 0 Å². The van der Waals surface area contributed by atoms with E-state index in [2.05, 4.69) is 0 Å². The summed E-state index contributed by atoms with van der Waals surface area (Å²) < 4.78 is 10.7. The molecule has 0 spiro atoms. The van der Waals surface area contributed by atoms with Gasteiger partial charge in [-0.3, -0.25) is 4.21 Å². The average Bonchev–Trinajstić information content (AvgIpc) is 1.84. The van der Waals surface area contributed by atoms with Crippen LogP contribution in [0.25, 0.3) is 0 Å². The normalized spacial score (nSPS) is 17.9. The Bertz CT molecular complexity index is 84.5. The van der Waals surface area contributed by atoms with E-state index < -0.39 is 10.8 Å². The molecular formula is C5H11ClOS. The minimum atomic E-state index is -0.806. The number of halogens is 1. The molecule has 0 rings (SSSR count). The number of hydrogen-bond donors (Lipinski definition) is 0. The Morgan fingerprint density at radius 1 is 1.75 bits per heavy atom. The van der Waals surface area contributed by atoms with E-state index in [4.69, 9.17) is 11.6 Å². The van der Waals surface area contributed by atoms with E-state index in [9.17, 15) is 4.21 Å². The molecule has 0 fully saturated rings. The van der Waals surface area contributed by atoms with Crippen LogP contribution < -0.4 is 0 Å². The van der Waals surface area contributed by atoms with Gasteiger partial charge in [-0.05, 0) is 6.42 Å². The zero-order chi connectivity index (χ0) is 6.57. The van der Waals surface area contributed by atoms with Crippen LogP contribution in [-0.4, -0.2) is 14.7 Å². The molecule has 0 aliphatic rings. The Balaban J connectivity index is 3.46. The molecule has 1 nitrogen and oxygen atoms in total. The Kier molecular flexibility index (Phi) is 4.57. The van der Waals surface area contributed by atoms with Crippen molar-refractivity contribution < 1.29 is 4.21 Å². The van der Waals surface area contributed by atoms with Gasteiger partial charge >= 0.3 is 0 Å². The zero-order valence-corrected chi connectivity index (χ0v) is 6.76. The predicted molar refractivity (Wildman–Crippen MR) is 38.6 cm³/mol. The fraction of sp³-hybridized carbons (Fsp3) is 1.00. The Morgan fingerprint density at radius 3 is 2.38 bits per heavy atom. The molecule has 0 aromatic rings. The van der Waals surface area contributed by atoms with Crippen molar-refractivity contribution >= 4 is 22.4 Å². The minimum absolute atomic E-state index is 0.257. The molecule has 50 valence electrons. The minimum Gasteiger partial charge on any atom is -0.258 e. The van der Waals surface area contributed by atoms with Crippen LogP contribution in [0.5, 0.6) is 0 Å². The summed E-state index contributed by atoms with van der Waals surface area (Å²) in [5, 5.41) is 0.530. The topological polar surface area (TPSA) is 17.1 Å². The molecule has 0 N–H and O–H groups in total. The first kappa shape index (κ1) is 8.44. The third-order valence-corrected chi connectivity index (χ3v) is 3.22. The lowest BCUT2D eigenvalue weighted by atomic mass is 10.4. The van der Waals surface area contributed by atoms with Crippen molar-refractivity contribution in [1.82, 2.24) is 0 Å². The van der Waals surface area contributed by atoms with Crippen molar-refractivity contribution in [2.24, 2.45) is 0 Å². The van der Waals surface area contributed by atoms with Crippen LogP contribution in [0.4, 0.5) is 0 Å². The Hall–Kier alpha value is 0.440. The predicted octanol–water partition coefficient (Wildman–Crippen LogP) is 1.73. The van der Waals surface area contributed by atoms with E-state index in [1.54, 1.807) is 0 Å². The molecule has 0 saturated carbocycles. The summed E-state index contributed by atoms with van der Waals surface area (Å²) in [6, 6.07) is 0. The molecule has 0 aliphatic carbocycles. The van der Waals surface area contributed by atoms with Crippen molar-refractivity contribution in [3.63, 3.8) is 0 Å². The molecule has 0 amide bonds. The van der Waals surface area contributed by atoms with Crippen molar-refractivity contribution in [3.8, 4) is 0 Å². The Morgan fingerprint density at radius 2 is 2.25 bits per heavy atom. The van der Waals surface area contributed by atoms with Gasteiger partial charge in [0.25, 0.3) is 0 Å². The van der Waals surface area contributed by atoms with Crippen LogP contribution in [0.1, 0.15) is 20.3 Å². The summed E-state index contributed by atoms with van der Waals surface area (Å²) in [5.74, 6) is 0. The smallest absolute Gasteiger partial charge is 0.0982 e. The largest absolute Gasteiger partial charge is 0.258 e. The maximum Gasteiger partial charge on any atom is 0.0982 e. The van der Waals surface area contributed by atoms with Crippen molar-refractivity contribution in [1.29, 1.82) is 0 Å². The number of hydrogen-bond acceptors (Lipinski definition) is 1. The molecule has 3 heteroatoms. The Labute approximate surface area is 57.9 Å². The summed E-state index contributed by atoms with van der Waals surface area (Å²) in [4.78, 5) is 0. The van der Waals surface area contributed by atoms with Crippen molar-refractivity contribution in [2.75, 3.05) is 5.21 Å². The van der Waals surface area contributed by atoms with E-state index in [-0.39, 0.29) is 10.5 Å². The summed E-state index contributed by atoms with van der Waals surface area (Å²) >= 11 is 5.33. The van der Waals surface area contributed by atoms with Crippen LogP contribution in [-0.2, 0) is 10.8 Å². The standard InChI is InChI=1S/C5H11ClOS/c1-3-5(2)8(7)4-6/h5H,3-4H2,1-2H3/t5-,8?/m0/s1. The van der Waals surface area contributed by atoms with Crippen LogP contribution in [0.3, 0.4) is 0 Å². The van der Waals surface area contributed by atoms with Gasteiger partial charge in [-0.25, -0.2) is 0 Å². The number of alkyl halides is 1.